The summed E-state index contributed by atoms with van der Waals surface area (Å²) in [5.41, 5.74) is 2.67. The molecule has 0 aromatic heterocycles. The summed E-state index contributed by atoms with van der Waals surface area (Å²) in [6.45, 7) is 11.5. The van der Waals surface area contributed by atoms with E-state index in [1.807, 2.05) is 91.9 Å². The SMILES string of the molecule is C=CCN(C(=O)C(Cc1ccccc1)NC(=O)OC(C)(C)C)C(C(=O)NCc1ccccc1)c1cccc(C)c1. The minimum Gasteiger partial charge on any atom is -0.444 e. The molecule has 7 nitrogen and oxygen atoms in total. The van der Waals surface area contributed by atoms with Gasteiger partial charge in [0.25, 0.3) is 0 Å². The highest BCUT2D eigenvalue weighted by atomic mass is 16.6. The number of carbonyl (C=O) groups excluding carboxylic acids is 3. The zero-order valence-corrected chi connectivity index (χ0v) is 23.7. The molecule has 0 heterocycles. The zero-order chi connectivity index (χ0) is 29.1. The Balaban J connectivity index is 1.98. The second-order valence-electron chi connectivity index (χ2n) is 10.7. The fourth-order valence-electron chi connectivity index (χ4n) is 4.36. The van der Waals surface area contributed by atoms with Crippen molar-refractivity contribution in [3.8, 4) is 0 Å². The van der Waals surface area contributed by atoms with Crippen LogP contribution in [-0.4, -0.2) is 41.0 Å². The smallest absolute Gasteiger partial charge is 0.408 e. The van der Waals surface area contributed by atoms with E-state index in [-0.39, 0.29) is 18.9 Å². The molecule has 3 amide bonds. The average Bonchev–Trinajstić information content (AvgIpc) is 2.91. The Bertz CT molecular complexity index is 1290. The molecule has 0 fully saturated rings. The van der Waals surface area contributed by atoms with Crippen molar-refractivity contribution in [2.24, 2.45) is 0 Å². The van der Waals surface area contributed by atoms with Crippen LogP contribution < -0.4 is 10.6 Å². The van der Waals surface area contributed by atoms with Crippen LogP contribution in [0.4, 0.5) is 4.79 Å². The number of aryl methyl sites for hydroxylation is 1. The summed E-state index contributed by atoms with van der Waals surface area (Å²) in [5, 5.41) is 5.75. The maximum Gasteiger partial charge on any atom is 0.408 e. The molecular weight excluding hydrogens is 502 g/mol. The highest BCUT2D eigenvalue weighted by Crippen LogP contribution is 2.24. The lowest BCUT2D eigenvalue weighted by Crippen LogP contribution is -2.53. The Morgan fingerprint density at radius 1 is 0.925 bits per heavy atom. The number of benzene rings is 3. The van der Waals surface area contributed by atoms with Crippen LogP contribution in [0.25, 0.3) is 0 Å². The van der Waals surface area contributed by atoms with Crippen LogP contribution in [0, 0.1) is 6.92 Å². The number of carbonyl (C=O) groups is 3. The summed E-state index contributed by atoms with van der Waals surface area (Å²) in [6.07, 6.45) is 1.10. The van der Waals surface area contributed by atoms with Crippen LogP contribution in [-0.2, 0) is 27.3 Å². The van der Waals surface area contributed by atoms with Crippen molar-refractivity contribution in [2.45, 2.75) is 58.3 Å². The Morgan fingerprint density at radius 3 is 2.12 bits per heavy atom. The molecule has 7 heteroatoms. The molecule has 0 aliphatic carbocycles. The highest BCUT2D eigenvalue weighted by molar-refractivity contribution is 5.92. The molecular formula is C33H39N3O4. The van der Waals surface area contributed by atoms with Gasteiger partial charge >= 0.3 is 6.09 Å². The summed E-state index contributed by atoms with van der Waals surface area (Å²) in [5.74, 6) is -0.753. The molecule has 0 bridgehead atoms. The molecule has 2 N–H and O–H groups in total. The number of rotatable bonds is 11. The van der Waals surface area contributed by atoms with E-state index in [1.54, 1.807) is 26.8 Å². The number of hydrogen-bond acceptors (Lipinski definition) is 4. The summed E-state index contributed by atoms with van der Waals surface area (Å²) >= 11 is 0. The second-order valence-corrected chi connectivity index (χ2v) is 10.7. The van der Waals surface area contributed by atoms with E-state index >= 15 is 0 Å². The van der Waals surface area contributed by atoms with E-state index in [4.69, 9.17) is 4.74 Å². The minimum atomic E-state index is -0.980. The minimum absolute atomic E-state index is 0.0947. The van der Waals surface area contributed by atoms with Crippen molar-refractivity contribution in [3.63, 3.8) is 0 Å². The van der Waals surface area contributed by atoms with E-state index in [0.717, 1.165) is 16.7 Å². The molecule has 0 aliphatic heterocycles. The molecule has 2 unspecified atom stereocenters. The van der Waals surface area contributed by atoms with Crippen LogP contribution in [0.5, 0.6) is 0 Å². The van der Waals surface area contributed by atoms with Crippen molar-refractivity contribution in [1.82, 2.24) is 15.5 Å². The van der Waals surface area contributed by atoms with Crippen LogP contribution in [0.1, 0.15) is 49.1 Å². The molecule has 0 spiro atoms. The lowest BCUT2D eigenvalue weighted by atomic mass is 9.99. The van der Waals surface area contributed by atoms with Gasteiger partial charge in [0.15, 0.2) is 0 Å². The maximum absolute atomic E-state index is 14.2. The first-order valence-corrected chi connectivity index (χ1v) is 13.4. The lowest BCUT2D eigenvalue weighted by molar-refractivity contribution is -0.141. The van der Waals surface area contributed by atoms with Gasteiger partial charge in [-0.3, -0.25) is 9.59 Å². The van der Waals surface area contributed by atoms with Crippen LogP contribution >= 0.6 is 0 Å². The quantitative estimate of drug-likeness (QED) is 0.314. The number of ether oxygens (including phenoxy) is 1. The Labute approximate surface area is 237 Å². The molecule has 3 aromatic rings. The summed E-state index contributed by atoms with van der Waals surface area (Å²) < 4.78 is 5.47. The van der Waals surface area contributed by atoms with Crippen molar-refractivity contribution < 1.29 is 19.1 Å². The molecule has 2 atom stereocenters. The lowest BCUT2D eigenvalue weighted by Gasteiger charge is -2.34. The Morgan fingerprint density at radius 2 is 1.55 bits per heavy atom. The first-order chi connectivity index (χ1) is 19.1. The Kier molecular flexibility index (Phi) is 10.6. The van der Waals surface area contributed by atoms with E-state index in [9.17, 15) is 14.4 Å². The Hall–Kier alpha value is -4.39. The number of alkyl carbamates (subject to hydrolysis) is 1. The van der Waals surface area contributed by atoms with Gasteiger partial charge < -0.3 is 20.3 Å². The van der Waals surface area contributed by atoms with Gasteiger partial charge in [-0.25, -0.2) is 4.79 Å². The predicted octanol–water partition coefficient (Wildman–Crippen LogP) is 5.50. The summed E-state index contributed by atoms with van der Waals surface area (Å²) in [4.78, 5) is 42.3. The predicted molar refractivity (Wildman–Crippen MR) is 157 cm³/mol. The first kappa shape index (κ1) is 30.2. The third kappa shape index (κ3) is 9.12. The van der Waals surface area contributed by atoms with Crippen LogP contribution in [0.3, 0.4) is 0 Å². The number of hydrogen-bond donors (Lipinski definition) is 2. The third-order valence-electron chi connectivity index (χ3n) is 6.11. The first-order valence-electron chi connectivity index (χ1n) is 13.4. The normalized spacial score (nSPS) is 12.5. The molecule has 210 valence electrons. The van der Waals surface area contributed by atoms with E-state index < -0.39 is 29.7 Å². The second kappa shape index (κ2) is 14.1. The summed E-state index contributed by atoms with van der Waals surface area (Å²) in [6, 6.07) is 24.6. The van der Waals surface area contributed by atoms with Gasteiger partial charge in [-0.1, -0.05) is 96.6 Å². The number of nitrogens with one attached hydrogen (secondary N) is 2. The van der Waals surface area contributed by atoms with Gasteiger partial charge in [0.1, 0.15) is 17.7 Å². The van der Waals surface area contributed by atoms with Gasteiger partial charge in [-0.15, -0.1) is 6.58 Å². The van der Waals surface area contributed by atoms with Crippen LogP contribution in [0.2, 0.25) is 0 Å². The molecule has 0 saturated carbocycles. The van der Waals surface area contributed by atoms with Gasteiger partial charge in [-0.2, -0.15) is 0 Å². The van der Waals surface area contributed by atoms with E-state index in [1.165, 1.54) is 4.90 Å². The molecule has 40 heavy (non-hydrogen) atoms. The highest BCUT2D eigenvalue weighted by Gasteiger charge is 2.36. The number of amides is 3. The molecule has 3 aromatic carbocycles. The van der Waals surface area contributed by atoms with Gasteiger partial charge in [-0.05, 0) is 44.4 Å². The van der Waals surface area contributed by atoms with E-state index in [0.29, 0.717) is 12.1 Å². The van der Waals surface area contributed by atoms with Crippen molar-refractivity contribution in [3.05, 3.63) is 120 Å². The zero-order valence-electron chi connectivity index (χ0n) is 23.7. The molecule has 0 saturated heterocycles. The van der Waals surface area contributed by atoms with E-state index in [2.05, 4.69) is 17.2 Å². The third-order valence-corrected chi connectivity index (χ3v) is 6.11. The van der Waals surface area contributed by atoms with Gasteiger partial charge in [0.05, 0.1) is 0 Å². The topological polar surface area (TPSA) is 87.7 Å². The van der Waals surface area contributed by atoms with Gasteiger partial charge in [0.2, 0.25) is 11.8 Å². The van der Waals surface area contributed by atoms with Crippen molar-refractivity contribution >= 4 is 17.9 Å². The fourth-order valence-corrected chi connectivity index (χ4v) is 4.36. The maximum atomic E-state index is 14.2. The largest absolute Gasteiger partial charge is 0.444 e. The van der Waals surface area contributed by atoms with Crippen molar-refractivity contribution in [1.29, 1.82) is 0 Å². The fraction of sp³-hybridized carbons (Fsp3) is 0.303. The molecule has 0 radical (unpaired) electrons. The molecule has 0 aliphatic rings. The summed E-state index contributed by atoms with van der Waals surface area (Å²) in [7, 11) is 0. The average molecular weight is 542 g/mol. The van der Waals surface area contributed by atoms with Gasteiger partial charge in [0, 0.05) is 19.5 Å². The van der Waals surface area contributed by atoms with Crippen molar-refractivity contribution in [2.75, 3.05) is 6.54 Å². The standard InChI is InChI=1S/C33H39N3O4/c1-6-20-36(31(38)28(22-25-15-9-7-10-16-25)35-32(39)40-33(3,4)5)29(27-19-13-14-24(2)21-27)30(37)34-23-26-17-11-8-12-18-26/h6-19,21,28-29H,1,20,22-23H2,2-5H3,(H,34,37)(H,35,39). The monoisotopic (exact) mass is 541 g/mol. The number of nitrogens with zero attached hydrogens (tertiary/aromatic N) is 1. The molecule has 3 rings (SSSR count). The van der Waals surface area contributed by atoms with Crippen LogP contribution in [0.15, 0.2) is 97.6 Å².